The second-order valence-corrected chi connectivity index (χ2v) is 6.11. The van der Waals surface area contributed by atoms with Crippen LogP contribution in [0.15, 0.2) is 48.5 Å². The fourth-order valence-corrected chi connectivity index (χ4v) is 2.43. The molecule has 2 aromatic carbocycles. The zero-order chi connectivity index (χ0) is 16.1. The van der Waals surface area contributed by atoms with Gasteiger partial charge < -0.3 is 15.4 Å². The van der Waals surface area contributed by atoms with E-state index in [0.29, 0.717) is 35.4 Å². The smallest absolute Gasteiger partial charge is 0.251 e. The van der Waals surface area contributed by atoms with E-state index < -0.39 is 0 Å². The highest BCUT2D eigenvalue weighted by atomic mass is 35.5. The van der Waals surface area contributed by atoms with Crippen molar-refractivity contribution in [3.8, 4) is 5.75 Å². The van der Waals surface area contributed by atoms with Crippen molar-refractivity contribution >= 4 is 29.9 Å². The average molecular weight is 367 g/mol. The summed E-state index contributed by atoms with van der Waals surface area (Å²) in [6.45, 7) is 3.10. The second kappa shape index (κ2) is 8.92. The standard InChI is InChI=1S/C18H19ClN2O2.ClH/c19-16-6-4-13(5-7-16)12-23-17-3-1-2-15(8-17)18(22)21-11-14-9-20-10-14;/h1-8,14,20H,9-12H2,(H,21,22);1H. The number of carbonyl (C=O) groups is 1. The van der Waals surface area contributed by atoms with Crippen molar-refractivity contribution in [1.82, 2.24) is 10.6 Å². The molecule has 1 saturated heterocycles. The van der Waals surface area contributed by atoms with Crippen LogP contribution in [0.4, 0.5) is 0 Å². The third kappa shape index (κ3) is 5.13. The molecule has 0 bridgehead atoms. The van der Waals surface area contributed by atoms with Crippen molar-refractivity contribution in [2.45, 2.75) is 6.61 Å². The van der Waals surface area contributed by atoms with Gasteiger partial charge in [0.05, 0.1) is 0 Å². The van der Waals surface area contributed by atoms with Gasteiger partial charge in [0.1, 0.15) is 12.4 Å². The van der Waals surface area contributed by atoms with Crippen molar-refractivity contribution in [1.29, 1.82) is 0 Å². The van der Waals surface area contributed by atoms with Gasteiger partial charge in [-0.3, -0.25) is 4.79 Å². The fourth-order valence-electron chi connectivity index (χ4n) is 2.31. The maximum Gasteiger partial charge on any atom is 0.251 e. The molecule has 3 rings (SSSR count). The highest BCUT2D eigenvalue weighted by Crippen LogP contribution is 2.16. The van der Waals surface area contributed by atoms with Gasteiger partial charge in [0.15, 0.2) is 0 Å². The number of amides is 1. The first kappa shape index (κ1) is 18.6. The van der Waals surface area contributed by atoms with Crippen LogP contribution < -0.4 is 15.4 Å². The Morgan fingerprint density at radius 2 is 1.96 bits per heavy atom. The van der Waals surface area contributed by atoms with Gasteiger partial charge in [-0.15, -0.1) is 12.4 Å². The van der Waals surface area contributed by atoms with Gasteiger partial charge in [0.25, 0.3) is 5.91 Å². The minimum Gasteiger partial charge on any atom is -0.489 e. The number of halogens is 2. The van der Waals surface area contributed by atoms with Gasteiger partial charge in [-0.2, -0.15) is 0 Å². The molecule has 128 valence electrons. The Labute approximate surface area is 153 Å². The number of hydrogen-bond donors (Lipinski definition) is 2. The van der Waals surface area contributed by atoms with Crippen LogP contribution in [0.3, 0.4) is 0 Å². The largest absolute Gasteiger partial charge is 0.489 e. The molecule has 6 heteroatoms. The van der Waals surface area contributed by atoms with Crippen molar-refractivity contribution in [3.63, 3.8) is 0 Å². The zero-order valence-electron chi connectivity index (χ0n) is 13.1. The molecule has 1 aliphatic rings. The Balaban J connectivity index is 0.00000208. The highest BCUT2D eigenvalue weighted by Gasteiger charge is 2.17. The molecule has 2 N–H and O–H groups in total. The molecule has 0 saturated carbocycles. The fraction of sp³-hybridized carbons (Fsp3) is 0.278. The number of hydrogen-bond acceptors (Lipinski definition) is 3. The molecule has 24 heavy (non-hydrogen) atoms. The lowest BCUT2D eigenvalue weighted by molar-refractivity contribution is 0.0941. The maximum atomic E-state index is 12.2. The number of rotatable bonds is 6. The lowest BCUT2D eigenvalue weighted by Gasteiger charge is -2.27. The molecule has 1 heterocycles. The van der Waals surface area contributed by atoms with Crippen LogP contribution in [-0.4, -0.2) is 25.5 Å². The van der Waals surface area contributed by atoms with E-state index in [0.717, 1.165) is 18.7 Å². The lowest BCUT2D eigenvalue weighted by atomic mass is 10.0. The SMILES string of the molecule is Cl.O=C(NCC1CNC1)c1cccc(OCc2ccc(Cl)cc2)c1. The molecule has 4 nitrogen and oxygen atoms in total. The van der Waals surface area contributed by atoms with E-state index in [2.05, 4.69) is 10.6 Å². The molecule has 1 fully saturated rings. The summed E-state index contributed by atoms with van der Waals surface area (Å²) in [5, 5.41) is 6.85. The van der Waals surface area contributed by atoms with Crippen molar-refractivity contribution in [2.75, 3.05) is 19.6 Å². The monoisotopic (exact) mass is 366 g/mol. The molecule has 0 atom stereocenters. The molecular weight excluding hydrogens is 347 g/mol. The molecular formula is C18H20Cl2N2O2. The summed E-state index contributed by atoms with van der Waals surface area (Å²) < 4.78 is 5.75. The minimum absolute atomic E-state index is 0. The summed E-state index contributed by atoms with van der Waals surface area (Å²) in [4.78, 5) is 12.2. The highest BCUT2D eigenvalue weighted by molar-refractivity contribution is 6.30. The first-order valence-corrected chi connectivity index (χ1v) is 8.05. The van der Waals surface area contributed by atoms with Crippen LogP contribution in [0.25, 0.3) is 0 Å². The maximum absolute atomic E-state index is 12.2. The van der Waals surface area contributed by atoms with Crippen LogP contribution in [0.5, 0.6) is 5.75 Å². The molecule has 0 unspecified atom stereocenters. The molecule has 0 aliphatic carbocycles. The summed E-state index contributed by atoms with van der Waals surface area (Å²) >= 11 is 5.86. The van der Waals surface area contributed by atoms with E-state index in [-0.39, 0.29) is 18.3 Å². The third-order valence-electron chi connectivity index (χ3n) is 3.83. The van der Waals surface area contributed by atoms with Crippen LogP contribution in [0.1, 0.15) is 15.9 Å². The summed E-state index contributed by atoms with van der Waals surface area (Å²) in [6, 6.07) is 14.8. The zero-order valence-corrected chi connectivity index (χ0v) is 14.7. The number of benzene rings is 2. The molecule has 0 aromatic heterocycles. The van der Waals surface area contributed by atoms with Crippen LogP contribution in [0.2, 0.25) is 5.02 Å². The molecule has 0 spiro atoms. The first-order valence-electron chi connectivity index (χ1n) is 7.67. The first-order chi connectivity index (χ1) is 11.2. The van der Waals surface area contributed by atoms with Crippen LogP contribution in [-0.2, 0) is 6.61 Å². The number of ether oxygens (including phenoxy) is 1. The van der Waals surface area contributed by atoms with Crippen LogP contribution in [0, 0.1) is 5.92 Å². The van der Waals surface area contributed by atoms with Gasteiger partial charge in [-0.05, 0) is 35.9 Å². The lowest BCUT2D eigenvalue weighted by Crippen LogP contribution is -2.48. The van der Waals surface area contributed by atoms with Gasteiger partial charge >= 0.3 is 0 Å². The van der Waals surface area contributed by atoms with E-state index in [1.807, 2.05) is 36.4 Å². The number of nitrogens with one attached hydrogen (secondary N) is 2. The Bertz CT molecular complexity index is 673. The second-order valence-electron chi connectivity index (χ2n) is 5.68. The Kier molecular flexibility index (Phi) is 6.91. The van der Waals surface area contributed by atoms with Gasteiger partial charge in [0.2, 0.25) is 0 Å². The quantitative estimate of drug-likeness (QED) is 0.824. The van der Waals surface area contributed by atoms with Gasteiger partial charge in [-0.25, -0.2) is 0 Å². The average Bonchev–Trinajstić information content (AvgIpc) is 2.53. The number of carbonyl (C=O) groups excluding carboxylic acids is 1. The summed E-state index contributed by atoms with van der Waals surface area (Å²) in [5.74, 6) is 1.16. The summed E-state index contributed by atoms with van der Waals surface area (Å²) in [5.41, 5.74) is 1.65. The normalized spacial score (nSPS) is 13.5. The minimum atomic E-state index is -0.0613. The third-order valence-corrected chi connectivity index (χ3v) is 4.08. The summed E-state index contributed by atoms with van der Waals surface area (Å²) in [7, 11) is 0. The van der Waals surface area contributed by atoms with Gasteiger partial charge in [0, 0.05) is 36.1 Å². The Morgan fingerprint density at radius 1 is 1.21 bits per heavy atom. The van der Waals surface area contributed by atoms with E-state index in [4.69, 9.17) is 16.3 Å². The van der Waals surface area contributed by atoms with Crippen molar-refractivity contribution in [2.24, 2.45) is 5.92 Å². The molecule has 2 aromatic rings. The Morgan fingerprint density at radius 3 is 2.62 bits per heavy atom. The molecule has 0 radical (unpaired) electrons. The van der Waals surface area contributed by atoms with E-state index in [9.17, 15) is 4.79 Å². The van der Waals surface area contributed by atoms with Crippen molar-refractivity contribution < 1.29 is 9.53 Å². The van der Waals surface area contributed by atoms with E-state index in [1.165, 1.54) is 0 Å². The molecule has 1 amide bonds. The van der Waals surface area contributed by atoms with Crippen LogP contribution >= 0.6 is 24.0 Å². The topological polar surface area (TPSA) is 50.4 Å². The predicted octanol–water partition coefficient (Wildman–Crippen LogP) is 3.29. The van der Waals surface area contributed by atoms with Crippen molar-refractivity contribution in [3.05, 3.63) is 64.7 Å². The Hall–Kier alpha value is -1.75. The predicted molar refractivity (Wildman–Crippen MR) is 98.2 cm³/mol. The summed E-state index contributed by atoms with van der Waals surface area (Å²) in [6.07, 6.45) is 0. The van der Waals surface area contributed by atoms with E-state index >= 15 is 0 Å². The van der Waals surface area contributed by atoms with E-state index in [1.54, 1.807) is 12.1 Å². The van der Waals surface area contributed by atoms with Gasteiger partial charge in [-0.1, -0.05) is 29.8 Å². The molecule has 1 aliphatic heterocycles.